The van der Waals surface area contributed by atoms with Crippen molar-refractivity contribution in [2.45, 2.75) is 6.61 Å². The highest BCUT2D eigenvalue weighted by atomic mass is 32.1. The van der Waals surface area contributed by atoms with E-state index in [4.69, 9.17) is 10.6 Å². The maximum Gasteiger partial charge on any atom is 0.234 e. The number of hydrogen-bond acceptors (Lipinski definition) is 6. The lowest BCUT2D eigenvalue weighted by molar-refractivity contribution is 0.296. The second kappa shape index (κ2) is 4.72. The van der Waals surface area contributed by atoms with Crippen molar-refractivity contribution in [3.05, 3.63) is 34.8 Å². The molecule has 0 atom stereocenters. The number of nitrogen functional groups attached to an aromatic ring is 1. The molecule has 2 rings (SSSR count). The zero-order valence-electron chi connectivity index (χ0n) is 7.88. The molecule has 0 radical (unpaired) electrons. The third-order valence-corrected chi connectivity index (χ3v) is 2.55. The van der Waals surface area contributed by atoms with E-state index in [-0.39, 0.29) is 0 Å². The standard InChI is InChI=1S/C9H10N4OS/c10-13-8-4-11-5-9(12-8)14-6-7-2-1-3-15-7/h1-5H,6,10H2,(H,12,13). The van der Waals surface area contributed by atoms with E-state index in [1.165, 1.54) is 6.20 Å². The van der Waals surface area contributed by atoms with Crippen LogP contribution in [0.5, 0.6) is 5.88 Å². The Labute approximate surface area is 90.9 Å². The molecule has 2 aromatic rings. The van der Waals surface area contributed by atoms with Crippen LogP contribution >= 0.6 is 11.3 Å². The number of thiophene rings is 1. The Bertz CT molecular complexity index is 418. The van der Waals surface area contributed by atoms with E-state index in [2.05, 4.69) is 15.4 Å². The molecule has 15 heavy (non-hydrogen) atoms. The van der Waals surface area contributed by atoms with Crippen LogP contribution in [-0.2, 0) is 6.61 Å². The molecule has 0 aliphatic heterocycles. The SMILES string of the molecule is NNc1cncc(OCc2cccs2)n1. The summed E-state index contributed by atoms with van der Waals surface area (Å²) in [4.78, 5) is 9.14. The number of nitrogens with two attached hydrogens (primary N) is 1. The molecule has 0 unspecified atom stereocenters. The van der Waals surface area contributed by atoms with E-state index in [1.807, 2.05) is 17.5 Å². The lowest BCUT2D eigenvalue weighted by atomic mass is 10.5. The van der Waals surface area contributed by atoms with Crippen LogP contribution in [-0.4, -0.2) is 9.97 Å². The Morgan fingerprint density at radius 2 is 2.40 bits per heavy atom. The van der Waals surface area contributed by atoms with Crippen LogP contribution in [0.2, 0.25) is 0 Å². The normalized spacial score (nSPS) is 9.93. The minimum atomic E-state index is 0.457. The van der Waals surface area contributed by atoms with Crippen LogP contribution in [0.1, 0.15) is 4.88 Å². The topological polar surface area (TPSA) is 73.1 Å². The van der Waals surface area contributed by atoms with Crippen molar-refractivity contribution in [1.82, 2.24) is 9.97 Å². The van der Waals surface area contributed by atoms with Gasteiger partial charge in [0.2, 0.25) is 5.88 Å². The largest absolute Gasteiger partial charge is 0.471 e. The van der Waals surface area contributed by atoms with Crippen LogP contribution in [0.15, 0.2) is 29.9 Å². The van der Waals surface area contributed by atoms with Gasteiger partial charge >= 0.3 is 0 Å². The number of anilines is 1. The molecule has 3 N–H and O–H groups in total. The Balaban J connectivity index is 1.98. The zero-order chi connectivity index (χ0) is 10.5. The first-order valence-electron chi connectivity index (χ1n) is 4.32. The molecule has 6 heteroatoms. The van der Waals surface area contributed by atoms with Gasteiger partial charge < -0.3 is 10.2 Å². The molecule has 78 valence electrons. The Morgan fingerprint density at radius 3 is 3.13 bits per heavy atom. The van der Waals surface area contributed by atoms with E-state index in [1.54, 1.807) is 17.5 Å². The number of aromatic nitrogens is 2. The molecule has 0 aliphatic rings. The van der Waals surface area contributed by atoms with Gasteiger partial charge in [-0.25, -0.2) is 5.84 Å². The number of ether oxygens (including phenoxy) is 1. The molecule has 0 aliphatic carbocycles. The van der Waals surface area contributed by atoms with E-state index >= 15 is 0 Å². The Hall–Kier alpha value is -1.66. The molecule has 5 nitrogen and oxygen atoms in total. The van der Waals surface area contributed by atoms with Crippen LogP contribution in [0.3, 0.4) is 0 Å². The second-order valence-electron chi connectivity index (χ2n) is 2.75. The van der Waals surface area contributed by atoms with Crippen molar-refractivity contribution in [3.63, 3.8) is 0 Å². The molecule has 0 spiro atoms. The minimum absolute atomic E-state index is 0.457. The second-order valence-corrected chi connectivity index (χ2v) is 3.79. The average Bonchev–Trinajstić information content (AvgIpc) is 2.79. The maximum atomic E-state index is 5.43. The maximum absolute atomic E-state index is 5.43. The lowest BCUT2D eigenvalue weighted by Gasteiger charge is -2.04. The molecule has 2 aromatic heterocycles. The van der Waals surface area contributed by atoms with Crippen LogP contribution in [0.4, 0.5) is 5.82 Å². The summed E-state index contributed by atoms with van der Waals surface area (Å²) in [6, 6.07) is 3.98. The zero-order valence-corrected chi connectivity index (χ0v) is 8.70. The minimum Gasteiger partial charge on any atom is -0.471 e. The Kier molecular flexibility index (Phi) is 3.11. The van der Waals surface area contributed by atoms with Crippen molar-refractivity contribution >= 4 is 17.2 Å². The molecular weight excluding hydrogens is 212 g/mol. The highest BCUT2D eigenvalue weighted by molar-refractivity contribution is 7.09. The summed E-state index contributed by atoms with van der Waals surface area (Å²) >= 11 is 1.64. The van der Waals surface area contributed by atoms with Crippen LogP contribution < -0.4 is 16.0 Å². The van der Waals surface area contributed by atoms with E-state index in [0.717, 1.165) is 4.88 Å². The van der Waals surface area contributed by atoms with Gasteiger partial charge in [-0.3, -0.25) is 4.98 Å². The number of hydrazine groups is 1. The van der Waals surface area contributed by atoms with E-state index < -0.39 is 0 Å². The number of hydrogen-bond donors (Lipinski definition) is 2. The first kappa shape index (κ1) is 9.88. The predicted octanol–water partition coefficient (Wildman–Crippen LogP) is 1.40. The van der Waals surface area contributed by atoms with Gasteiger partial charge in [-0.15, -0.1) is 11.3 Å². The van der Waals surface area contributed by atoms with Gasteiger partial charge in [-0.1, -0.05) is 6.07 Å². The summed E-state index contributed by atoms with van der Waals surface area (Å²) < 4.78 is 5.43. The molecular formula is C9H10N4OS. The van der Waals surface area contributed by atoms with Crippen molar-refractivity contribution in [3.8, 4) is 5.88 Å². The average molecular weight is 222 g/mol. The molecule has 0 bridgehead atoms. The predicted molar refractivity (Wildman–Crippen MR) is 58.5 cm³/mol. The summed E-state index contributed by atoms with van der Waals surface area (Å²) in [5.74, 6) is 6.15. The highest BCUT2D eigenvalue weighted by Gasteiger charge is 1.99. The molecule has 0 aromatic carbocycles. The Morgan fingerprint density at radius 1 is 1.47 bits per heavy atom. The van der Waals surface area contributed by atoms with Crippen molar-refractivity contribution in [1.29, 1.82) is 0 Å². The van der Waals surface area contributed by atoms with Gasteiger partial charge in [0.05, 0.1) is 12.4 Å². The molecule has 0 amide bonds. The highest BCUT2D eigenvalue weighted by Crippen LogP contribution is 2.13. The van der Waals surface area contributed by atoms with Crippen molar-refractivity contribution in [2.75, 3.05) is 5.43 Å². The lowest BCUT2D eigenvalue weighted by Crippen LogP contribution is -2.09. The first-order valence-corrected chi connectivity index (χ1v) is 5.20. The summed E-state index contributed by atoms with van der Waals surface area (Å²) in [5, 5.41) is 2.00. The van der Waals surface area contributed by atoms with Gasteiger partial charge in [0.25, 0.3) is 0 Å². The van der Waals surface area contributed by atoms with Crippen LogP contribution in [0, 0.1) is 0 Å². The smallest absolute Gasteiger partial charge is 0.234 e. The first-order chi connectivity index (χ1) is 7.38. The fraction of sp³-hybridized carbons (Fsp3) is 0.111. The molecule has 0 saturated heterocycles. The third-order valence-electron chi connectivity index (χ3n) is 1.70. The number of nitrogens with one attached hydrogen (secondary N) is 1. The summed E-state index contributed by atoms with van der Waals surface area (Å²) in [5.41, 5.74) is 2.41. The summed E-state index contributed by atoms with van der Waals surface area (Å²) in [7, 11) is 0. The number of nitrogens with zero attached hydrogens (tertiary/aromatic N) is 2. The van der Waals surface area contributed by atoms with Gasteiger partial charge in [0.15, 0.2) is 5.82 Å². The van der Waals surface area contributed by atoms with Gasteiger partial charge in [0, 0.05) is 4.88 Å². The third kappa shape index (κ3) is 2.64. The summed E-state index contributed by atoms with van der Waals surface area (Å²) in [6.45, 7) is 0.500. The monoisotopic (exact) mass is 222 g/mol. The van der Waals surface area contributed by atoms with Gasteiger partial charge in [0.1, 0.15) is 6.61 Å². The van der Waals surface area contributed by atoms with Crippen LogP contribution in [0.25, 0.3) is 0 Å². The number of rotatable bonds is 4. The van der Waals surface area contributed by atoms with E-state index in [0.29, 0.717) is 18.3 Å². The quantitative estimate of drug-likeness (QED) is 0.604. The molecule has 0 fully saturated rings. The molecule has 2 heterocycles. The van der Waals surface area contributed by atoms with Crippen molar-refractivity contribution < 1.29 is 4.74 Å². The fourth-order valence-corrected chi connectivity index (χ4v) is 1.64. The fourth-order valence-electron chi connectivity index (χ4n) is 1.03. The summed E-state index contributed by atoms with van der Waals surface area (Å²) in [6.07, 6.45) is 3.08. The van der Waals surface area contributed by atoms with Gasteiger partial charge in [-0.05, 0) is 11.4 Å². The van der Waals surface area contributed by atoms with Gasteiger partial charge in [-0.2, -0.15) is 4.98 Å². The van der Waals surface area contributed by atoms with E-state index in [9.17, 15) is 0 Å². The van der Waals surface area contributed by atoms with Crippen molar-refractivity contribution in [2.24, 2.45) is 5.84 Å². The molecule has 0 saturated carbocycles.